The van der Waals surface area contributed by atoms with Crippen molar-refractivity contribution in [2.45, 2.75) is 25.1 Å². The van der Waals surface area contributed by atoms with Gasteiger partial charge in [-0.1, -0.05) is 11.3 Å². The molecule has 90 valence electrons. The quantitative estimate of drug-likeness (QED) is 0.631. The minimum absolute atomic E-state index is 0.198. The third kappa shape index (κ3) is 4.11. The summed E-state index contributed by atoms with van der Waals surface area (Å²) in [6.45, 7) is 5.92. The van der Waals surface area contributed by atoms with E-state index >= 15 is 0 Å². The van der Waals surface area contributed by atoms with Crippen LogP contribution in [0.25, 0.3) is 0 Å². The molecule has 1 aromatic heterocycles. The first-order valence-corrected chi connectivity index (χ1v) is 6.98. The minimum atomic E-state index is -0.347. The van der Waals surface area contributed by atoms with Gasteiger partial charge in [0, 0.05) is 28.8 Å². The van der Waals surface area contributed by atoms with Crippen LogP contribution in [-0.4, -0.2) is 22.5 Å². The van der Waals surface area contributed by atoms with Crippen LogP contribution in [-0.2, 0) is 6.54 Å². The van der Waals surface area contributed by atoms with E-state index in [0.717, 1.165) is 11.4 Å². The van der Waals surface area contributed by atoms with Gasteiger partial charge in [0.2, 0.25) is 0 Å². The first-order chi connectivity index (χ1) is 7.44. The fourth-order valence-corrected chi connectivity index (χ4v) is 2.15. The Morgan fingerprint density at radius 1 is 1.56 bits per heavy atom. The summed E-state index contributed by atoms with van der Waals surface area (Å²) < 4.78 is 0.198. The van der Waals surface area contributed by atoms with Gasteiger partial charge in [-0.2, -0.15) is 11.8 Å². The molecule has 4 nitrogen and oxygen atoms in total. The average molecular weight is 260 g/mol. The third-order valence-electron chi connectivity index (χ3n) is 2.23. The molecule has 0 atom stereocenters. The van der Waals surface area contributed by atoms with Gasteiger partial charge in [0.25, 0.3) is 0 Å². The third-order valence-corrected chi connectivity index (χ3v) is 4.52. The first-order valence-electron chi connectivity index (χ1n) is 4.93. The van der Waals surface area contributed by atoms with E-state index in [1.165, 1.54) is 11.3 Å². The highest BCUT2D eigenvalue weighted by molar-refractivity contribution is 7.99. The van der Waals surface area contributed by atoms with Crippen molar-refractivity contribution in [1.29, 1.82) is 0 Å². The lowest BCUT2D eigenvalue weighted by Crippen LogP contribution is -2.31. The molecule has 0 aliphatic rings. The van der Waals surface area contributed by atoms with Crippen LogP contribution in [0.15, 0.2) is 12.1 Å². The molecule has 0 aliphatic heterocycles. The molecule has 1 aromatic rings. The van der Waals surface area contributed by atoms with Crippen molar-refractivity contribution in [1.82, 2.24) is 5.32 Å². The molecule has 0 amide bonds. The van der Waals surface area contributed by atoms with E-state index in [2.05, 4.69) is 25.4 Å². The lowest BCUT2D eigenvalue weighted by molar-refractivity contribution is -0.380. The van der Waals surface area contributed by atoms with Crippen LogP contribution in [0.2, 0.25) is 0 Å². The summed E-state index contributed by atoms with van der Waals surface area (Å²) in [7, 11) is 0. The summed E-state index contributed by atoms with van der Waals surface area (Å²) in [5.74, 6) is 0. The molecule has 0 aliphatic carbocycles. The molecule has 1 rings (SSSR count). The van der Waals surface area contributed by atoms with E-state index in [0.29, 0.717) is 6.54 Å². The van der Waals surface area contributed by atoms with Gasteiger partial charge in [0.1, 0.15) is 0 Å². The van der Waals surface area contributed by atoms with Gasteiger partial charge in [0.15, 0.2) is 0 Å². The van der Waals surface area contributed by atoms with Crippen LogP contribution in [0.1, 0.15) is 18.7 Å². The Morgan fingerprint density at radius 3 is 2.75 bits per heavy atom. The van der Waals surface area contributed by atoms with Gasteiger partial charge in [-0.3, -0.25) is 10.1 Å². The molecule has 0 saturated heterocycles. The predicted molar refractivity (Wildman–Crippen MR) is 70.3 cm³/mol. The average Bonchev–Trinajstić information content (AvgIpc) is 2.66. The molecular formula is C10H16N2O2S2. The maximum Gasteiger partial charge on any atom is 0.324 e. The molecule has 0 bridgehead atoms. The summed E-state index contributed by atoms with van der Waals surface area (Å²) in [6, 6.07) is 3.36. The van der Waals surface area contributed by atoms with E-state index in [1.807, 2.05) is 6.07 Å². The van der Waals surface area contributed by atoms with Gasteiger partial charge in [-0.05, 0) is 26.2 Å². The fraction of sp³-hybridized carbons (Fsp3) is 0.600. The fourth-order valence-electron chi connectivity index (χ4n) is 1.12. The monoisotopic (exact) mass is 260 g/mol. The number of nitrogens with one attached hydrogen (secondary N) is 1. The van der Waals surface area contributed by atoms with Crippen molar-refractivity contribution in [3.63, 3.8) is 0 Å². The normalized spacial score (nSPS) is 11.7. The zero-order valence-electron chi connectivity index (χ0n) is 9.65. The highest BCUT2D eigenvalue weighted by Crippen LogP contribution is 2.24. The topological polar surface area (TPSA) is 55.2 Å². The Morgan fingerprint density at radius 2 is 2.25 bits per heavy atom. The molecule has 1 N–H and O–H groups in total. The molecular weight excluding hydrogens is 244 g/mol. The Bertz CT molecular complexity index is 363. The van der Waals surface area contributed by atoms with Crippen LogP contribution in [0, 0.1) is 10.1 Å². The van der Waals surface area contributed by atoms with E-state index < -0.39 is 0 Å². The number of hydrogen-bond donors (Lipinski definition) is 1. The van der Waals surface area contributed by atoms with E-state index in [4.69, 9.17) is 0 Å². The highest BCUT2D eigenvalue weighted by Gasteiger charge is 2.15. The summed E-state index contributed by atoms with van der Waals surface area (Å²) in [5, 5.41) is 14.0. The molecule has 16 heavy (non-hydrogen) atoms. The minimum Gasteiger partial charge on any atom is -0.310 e. The Kier molecular flexibility index (Phi) is 4.76. The summed E-state index contributed by atoms with van der Waals surface area (Å²) in [6.07, 6.45) is 2.08. The standard InChI is InChI=1S/C10H16N2O2S2/c1-10(2,15-3)7-11-6-8-4-5-9(16-8)12(13)14/h4-5,11H,6-7H2,1-3H3. The molecule has 0 unspecified atom stereocenters. The number of rotatable bonds is 6. The van der Waals surface area contributed by atoms with Gasteiger partial charge in [0.05, 0.1) is 4.92 Å². The summed E-state index contributed by atoms with van der Waals surface area (Å²) >= 11 is 3.04. The van der Waals surface area contributed by atoms with Crippen molar-refractivity contribution < 1.29 is 4.92 Å². The van der Waals surface area contributed by atoms with Gasteiger partial charge in [-0.15, -0.1) is 0 Å². The molecule has 0 aromatic carbocycles. The van der Waals surface area contributed by atoms with Crippen molar-refractivity contribution in [2.24, 2.45) is 0 Å². The van der Waals surface area contributed by atoms with Crippen molar-refractivity contribution in [2.75, 3.05) is 12.8 Å². The molecule has 0 saturated carbocycles. The zero-order chi connectivity index (χ0) is 12.2. The number of thioether (sulfide) groups is 1. The Balaban J connectivity index is 2.40. The van der Waals surface area contributed by atoms with E-state index in [-0.39, 0.29) is 14.7 Å². The van der Waals surface area contributed by atoms with Crippen LogP contribution >= 0.6 is 23.1 Å². The molecule has 0 radical (unpaired) electrons. The van der Waals surface area contributed by atoms with E-state index in [9.17, 15) is 10.1 Å². The second kappa shape index (κ2) is 5.65. The SMILES string of the molecule is CSC(C)(C)CNCc1ccc([N+](=O)[O-])s1. The second-order valence-electron chi connectivity index (χ2n) is 4.06. The number of nitro groups is 1. The zero-order valence-corrected chi connectivity index (χ0v) is 11.3. The highest BCUT2D eigenvalue weighted by atomic mass is 32.2. The maximum atomic E-state index is 10.5. The molecule has 0 fully saturated rings. The number of hydrogen-bond acceptors (Lipinski definition) is 5. The lowest BCUT2D eigenvalue weighted by atomic mass is 10.2. The van der Waals surface area contributed by atoms with Gasteiger partial charge < -0.3 is 5.32 Å². The summed E-state index contributed by atoms with van der Waals surface area (Å²) in [4.78, 5) is 11.1. The van der Waals surface area contributed by atoms with Gasteiger partial charge >= 0.3 is 5.00 Å². The first kappa shape index (κ1) is 13.5. The largest absolute Gasteiger partial charge is 0.324 e. The van der Waals surface area contributed by atoms with Crippen molar-refractivity contribution in [3.05, 3.63) is 27.1 Å². The smallest absolute Gasteiger partial charge is 0.310 e. The Labute approximate surface area is 104 Å². The van der Waals surface area contributed by atoms with E-state index in [1.54, 1.807) is 17.8 Å². The predicted octanol–water partition coefficient (Wildman–Crippen LogP) is 2.89. The van der Waals surface area contributed by atoms with Gasteiger partial charge in [-0.25, -0.2) is 0 Å². The molecule has 0 spiro atoms. The second-order valence-corrected chi connectivity index (χ2v) is 6.72. The maximum absolute atomic E-state index is 10.5. The van der Waals surface area contributed by atoms with Crippen LogP contribution in [0.5, 0.6) is 0 Å². The van der Waals surface area contributed by atoms with Crippen LogP contribution in [0.3, 0.4) is 0 Å². The number of thiophene rings is 1. The summed E-state index contributed by atoms with van der Waals surface area (Å²) in [5.41, 5.74) is 0. The number of nitrogens with zero attached hydrogens (tertiary/aromatic N) is 1. The van der Waals surface area contributed by atoms with Crippen molar-refractivity contribution in [3.8, 4) is 0 Å². The Hall–Kier alpha value is -0.590. The van der Waals surface area contributed by atoms with Crippen LogP contribution in [0.4, 0.5) is 5.00 Å². The lowest BCUT2D eigenvalue weighted by Gasteiger charge is -2.21. The molecule has 1 heterocycles. The van der Waals surface area contributed by atoms with Crippen LogP contribution < -0.4 is 5.32 Å². The molecule has 6 heteroatoms. The van der Waals surface area contributed by atoms with Crippen molar-refractivity contribution >= 4 is 28.1 Å².